The summed E-state index contributed by atoms with van der Waals surface area (Å²) in [6.07, 6.45) is -2.86. The summed E-state index contributed by atoms with van der Waals surface area (Å²) in [7, 11) is 0. The molecule has 0 bridgehead atoms. The molecule has 1 aromatic rings. The lowest BCUT2D eigenvalue weighted by Gasteiger charge is -2.22. The largest absolute Gasteiger partial charge is 0.401 e. The van der Waals surface area contributed by atoms with Gasteiger partial charge in [0.15, 0.2) is 0 Å². The van der Waals surface area contributed by atoms with Gasteiger partial charge in [-0.3, -0.25) is 9.88 Å². The minimum atomic E-state index is -4.30. The normalized spacial score (nSPS) is 12.1. The van der Waals surface area contributed by atoms with Crippen LogP contribution in [0.25, 0.3) is 0 Å². The van der Waals surface area contributed by atoms with Gasteiger partial charge in [-0.05, 0) is 12.1 Å². The van der Waals surface area contributed by atoms with Crippen LogP contribution in [0.3, 0.4) is 0 Å². The third kappa shape index (κ3) is 5.86. The molecule has 0 atom stereocenters. The highest BCUT2D eigenvalue weighted by Gasteiger charge is 2.30. The second-order valence-electron chi connectivity index (χ2n) is 3.51. The molecule has 1 N–H and O–H groups in total. The molecule has 1 rings (SSSR count). The van der Waals surface area contributed by atoms with Crippen LogP contribution in [0.5, 0.6) is 0 Å². The second kappa shape index (κ2) is 6.18. The second-order valence-corrected chi connectivity index (χ2v) is 3.95. The molecular weight excluding hydrogens is 257 g/mol. The first kappa shape index (κ1) is 14.2. The van der Waals surface area contributed by atoms with E-state index < -0.39 is 12.7 Å². The maximum absolute atomic E-state index is 12.2. The molecular formula is C10H12ClF3N2O. The minimum Gasteiger partial charge on any atom is -0.395 e. The fourth-order valence-corrected chi connectivity index (χ4v) is 1.56. The van der Waals surface area contributed by atoms with E-state index in [1.165, 1.54) is 12.3 Å². The predicted octanol–water partition coefficient (Wildman–Crippen LogP) is 2.09. The van der Waals surface area contributed by atoms with Crippen LogP contribution in [-0.4, -0.2) is 40.9 Å². The number of rotatable bonds is 5. The SMILES string of the molecule is OCCN(Cc1cc(Cl)ccn1)CC(F)(F)F. The van der Waals surface area contributed by atoms with Gasteiger partial charge < -0.3 is 5.11 Å². The van der Waals surface area contributed by atoms with Gasteiger partial charge in [-0.15, -0.1) is 0 Å². The van der Waals surface area contributed by atoms with E-state index in [9.17, 15) is 13.2 Å². The number of hydrogen-bond donors (Lipinski definition) is 1. The third-order valence-electron chi connectivity index (χ3n) is 1.98. The van der Waals surface area contributed by atoms with Gasteiger partial charge in [0, 0.05) is 24.3 Å². The summed E-state index contributed by atoms with van der Waals surface area (Å²) in [6, 6.07) is 3.05. The van der Waals surface area contributed by atoms with Crippen molar-refractivity contribution in [2.24, 2.45) is 0 Å². The lowest BCUT2D eigenvalue weighted by molar-refractivity contribution is -0.148. The Morgan fingerprint density at radius 3 is 2.65 bits per heavy atom. The Balaban J connectivity index is 2.66. The van der Waals surface area contributed by atoms with E-state index in [0.29, 0.717) is 10.7 Å². The molecule has 0 unspecified atom stereocenters. The lowest BCUT2D eigenvalue weighted by atomic mass is 10.3. The summed E-state index contributed by atoms with van der Waals surface area (Å²) in [5.74, 6) is 0. The van der Waals surface area contributed by atoms with E-state index in [4.69, 9.17) is 16.7 Å². The van der Waals surface area contributed by atoms with Crippen molar-refractivity contribution in [2.75, 3.05) is 19.7 Å². The molecule has 1 aromatic heterocycles. The Morgan fingerprint density at radius 1 is 1.41 bits per heavy atom. The third-order valence-corrected chi connectivity index (χ3v) is 2.22. The minimum absolute atomic E-state index is 0.000625. The molecule has 96 valence electrons. The average Bonchev–Trinajstić information content (AvgIpc) is 2.15. The molecule has 1 heterocycles. The summed E-state index contributed by atoms with van der Waals surface area (Å²) in [5, 5.41) is 9.13. The van der Waals surface area contributed by atoms with Crippen molar-refractivity contribution >= 4 is 11.6 Å². The standard InChI is InChI=1S/C10H12ClF3N2O/c11-8-1-2-15-9(5-8)6-16(3-4-17)7-10(12,13)14/h1-2,5,17H,3-4,6-7H2. The highest BCUT2D eigenvalue weighted by Crippen LogP contribution is 2.18. The van der Waals surface area contributed by atoms with E-state index >= 15 is 0 Å². The van der Waals surface area contributed by atoms with E-state index in [2.05, 4.69) is 4.98 Å². The van der Waals surface area contributed by atoms with Crippen LogP contribution < -0.4 is 0 Å². The number of aliphatic hydroxyl groups is 1. The summed E-state index contributed by atoms with van der Waals surface area (Å²) in [4.78, 5) is 4.98. The molecule has 0 aliphatic rings. The van der Waals surface area contributed by atoms with Crippen molar-refractivity contribution in [3.05, 3.63) is 29.0 Å². The molecule has 0 amide bonds. The van der Waals surface area contributed by atoms with Gasteiger partial charge in [0.25, 0.3) is 0 Å². The zero-order valence-corrected chi connectivity index (χ0v) is 9.67. The molecule has 0 radical (unpaired) electrons. The monoisotopic (exact) mass is 268 g/mol. The Labute approximate surface area is 102 Å². The van der Waals surface area contributed by atoms with E-state index in [0.717, 1.165) is 4.90 Å². The Morgan fingerprint density at radius 2 is 2.12 bits per heavy atom. The Kier molecular flexibility index (Phi) is 5.17. The molecule has 0 aliphatic heterocycles. The number of halogens is 4. The molecule has 17 heavy (non-hydrogen) atoms. The Hall–Kier alpha value is -0.850. The molecule has 0 saturated heterocycles. The van der Waals surface area contributed by atoms with Crippen molar-refractivity contribution in [3.8, 4) is 0 Å². The van der Waals surface area contributed by atoms with Gasteiger partial charge >= 0.3 is 6.18 Å². The summed E-state index contributed by atoms with van der Waals surface area (Å²) in [6.45, 7) is -1.48. The van der Waals surface area contributed by atoms with Crippen LogP contribution in [0.4, 0.5) is 13.2 Å². The molecule has 0 spiro atoms. The number of aliphatic hydroxyl groups excluding tert-OH is 1. The molecule has 0 aliphatic carbocycles. The van der Waals surface area contributed by atoms with Crippen LogP contribution in [0, 0.1) is 0 Å². The first-order valence-corrected chi connectivity index (χ1v) is 5.29. The van der Waals surface area contributed by atoms with Crippen molar-refractivity contribution < 1.29 is 18.3 Å². The quantitative estimate of drug-likeness (QED) is 0.888. The fourth-order valence-electron chi connectivity index (χ4n) is 1.37. The van der Waals surface area contributed by atoms with Crippen molar-refractivity contribution in [1.29, 1.82) is 0 Å². The highest BCUT2D eigenvalue weighted by molar-refractivity contribution is 6.30. The zero-order chi connectivity index (χ0) is 12.9. The van der Waals surface area contributed by atoms with Crippen LogP contribution >= 0.6 is 11.6 Å². The highest BCUT2D eigenvalue weighted by atomic mass is 35.5. The van der Waals surface area contributed by atoms with Crippen LogP contribution in [0.2, 0.25) is 5.02 Å². The van der Waals surface area contributed by atoms with E-state index in [1.54, 1.807) is 6.07 Å². The van der Waals surface area contributed by atoms with Crippen LogP contribution in [0.15, 0.2) is 18.3 Å². The summed E-state index contributed by atoms with van der Waals surface area (Å²) >= 11 is 5.71. The van der Waals surface area contributed by atoms with Crippen LogP contribution in [-0.2, 0) is 6.54 Å². The maximum atomic E-state index is 12.2. The van der Waals surface area contributed by atoms with Crippen molar-refractivity contribution in [3.63, 3.8) is 0 Å². The van der Waals surface area contributed by atoms with Gasteiger partial charge in [0.1, 0.15) is 0 Å². The van der Waals surface area contributed by atoms with Crippen molar-refractivity contribution in [1.82, 2.24) is 9.88 Å². The zero-order valence-electron chi connectivity index (χ0n) is 8.91. The van der Waals surface area contributed by atoms with Crippen molar-refractivity contribution in [2.45, 2.75) is 12.7 Å². The molecule has 7 heteroatoms. The van der Waals surface area contributed by atoms with Gasteiger partial charge in [-0.1, -0.05) is 11.6 Å². The first-order valence-electron chi connectivity index (χ1n) is 4.91. The number of hydrogen-bond acceptors (Lipinski definition) is 3. The van der Waals surface area contributed by atoms with E-state index in [-0.39, 0.29) is 19.7 Å². The number of pyridine rings is 1. The topological polar surface area (TPSA) is 36.4 Å². The fraction of sp³-hybridized carbons (Fsp3) is 0.500. The van der Waals surface area contributed by atoms with Gasteiger partial charge in [0.2, 0.25) is 0 Å². The van der Waals surface area contributed by atoms with Crippen LogP contribution in [0.1, 0.15) is 5.69 Å². The summed E-state index contributed by atoms with van der Waals surface area (Å²) < 4.78 is 36.7. The predicted molar refractivity (Wildman–Crippen MR) is 57.7 cm³/mol. The van der Waals surface area contributed by atoms with E-state index in [1.807, 2.05) is 0 Å². The molecule has 3 nitrogen and oxygen atoms in total. The van der Waals surface area contributed by atoms with Gasteiger partial charge in [-0.2, -0.15) is 13.2 Å². The molecule has 0 saturated carbocycles. The smallest absolute Gasteiger partial charge is 0.395 e. The van der Waals surface area contributed by atoms with Gasteiger partial charge in [0.05, 0.1) is 18.8 Å². The molecule has 0 fully saturated rings. The van der Waals surface area contributed by atoms with Gasteiger partial charge in [-0.25, -0.2) is 0 Å². The summed E-state index contributed by atoms with van der Waals surface area (Å²) in [5.41, 5.74) is 0.440. The Bertz CT molecular complexity index is 360. The number of nitrogens with zero attached hydrogens (tertiary/aromatic N) is 2. The molecule has 0 aromatic carbocycles. The average molecular weight is 269 g/mol. The lowest BCUT2D eigenvalue weighted by Crippen LogP contribution is -2.35. The first-order chi connectivity index (χ1) is 7.90. The maximum Gasteiger partial charge on any atom is 0.401 e. The number of alkyl halides is 3. The number of aromatic nitrogens is 1.